The molecule has 0 aromatic carbocycles. The van der Waals surface area contributed by atoms with E-state index in [1.54, 1.807) is 0 Å². The van der Waals surface area contributed by atoms with Gasteiger partial charge in [0.15, 0.2) is 0 Å². The van der Waals surface area contributed by atoms with E-state index in [4.69, 9.17) is 5.11 Å². The van der Waals surface area contributed by atoms with Crippen LogP contribution in [0, 0.1) is 11.3 Å². The second-order valence-corrected chi connectivity index (χ2v) is 7.12. The van der Waals surface area contributed by atoms with Crippen LogP contribution in [0.3, 0.4) is 0 Å². The number of hydrogen-bond acceptors (Lipinski definition) is 3. The highest BCUT2D eigenvalue weighted by Gasteiger charge is 2.30. The van der Waals surface area contributed by atoms with Crippen molar-refractivity contribution in [1.29, 1.82) is 0 Å². The zero-order chi connectivity index (χ0) is 15.3. The molecule has 0 aromatic rings. The minimum atomic E-state index is -0.871. The molecule has 1 fully saturated rings. The van der Waals surface area contributed by atoms with E-state index in [1.807, 2.05) is 0 Å². The predicted molar refractivity (Wildman–Crippen MR) is 78.4 cm³/mol. The highest BCUT2D eigenvalue weighted by atomic mass is 16.4. The lowest BCUT2D eigenvalue weighted by atomic mass is 9.86. The summed E-state index contributed by atoms with van der Waals surface area (Å²) in [5.74, 6) is -0.638. The molecule has 5 heteroatoms. The summed E-state index contributed by atoms with van der Waals surface area (Å²) in [5.41, 5.74) is -0.0149. The van der Waals surface area contributed by atoms with E-state index < -0.39 is 5.97 Å². The number of rotatable bonds is 5. The van der Waals surface area contributed by atoms with Gasteiger partial charge in [0.05, 0.1) is 12.5 Å². The SMILES string of the molecule is CC1CCCNC1C(=O)NC(CC(=O)O)CC(C)(C)C. The van der Waals surface area contributed by atoms with E-state index in [9.17, 15) is 9.59 Å². The Bertz CT molecular complexity index is 350. The van der Waals surface area contributed by atoms with Crippen molar-refractivity contribution < 1.29 is 14.7 Å². The Morgan fingerprint density at radius 3 is 2.55 bits per heavy atom. The Morgan fingerprint density at radius 1 is 1.40 bits per heavy atom. The Labute approximate surface area is 121 Å². The first-order valence-corrected chi connectivity index (χ1v) is 7.44. The lowest BCUT2D eigenvalue weighted by molar-refractivity contribution is -0.138. The smallest absolute Gasteiger partial charge is 0.305 e. The van der Waals surface area contributed by atoms with Crippen LogP contribution in [0.25, 0.3) is 0 Å². The normalized spacial score (nSPS) is 25.0. The van der Waals surface area contributed by atoms with Crippen LogP contribution in [0.15, 0.2) is 0 Å². The summed E-state index contributed by atoms with van der Waals surface area (Å²) < 4.78 is 0. The molecule has 1 aliphatic heterocycles. The van der Waals surface area contributed by atoms with Gasteiger partial charge in [0.1, 0.15) is 0 Å². The Morgan fingerprint density at radius 2 is 2.05 bits per heavy atom. The van der Waals surface area contributed by atoms with Crippen LogP contribution < -0.4 is 10.6 Å². The second kappa shape index (κ2) is 7.07. The number of carbonyl (C=O) groups excluding carboxylic acids is 1. The van der Waals surface area contributed by atoms with Crippen LogP contribution in [0.4, 0.5) is 0 Å². The van der Waals surface area contributed by atoms with Gasteiger partial charge in [-0.15, -0.1) is 0 Å². The van der Waals surface area contributed by atoms with Gasteiger partial charge < -0.3 is 15.7 Å². The van der Waals surface area contributed by atoms with Crippen LogP contribution in [0.5, 0.6) is 0 Å². The number of carboxylic acids is 1. The van der Waals surface area contributed by atoms with E-state index >= 15 is 0 Å². The van der Waals surface area contributed by atoms with Crippen LogP contribution in [-0.2, 0) is 9.59 Å². The summed E-state index contributed by atoms with van der Waals surface area (Å²) in [6.07, 6.45) is 2.76. The predicted octanol–water partition coefficient (Wildman–Crippen LogP) is 1.77. The zero-order valence-corrected chi connectivity index (χ0v) is 13.0. The van der Waals surface area contributed by atoms with Crippen molar-refractivity contribution in [2.75, 3.05) is 6.54 Å². The maximum absolute atomic E-state index is 12.3. The molecular formula is C15H28N2O3. The fraction of sp³-hybridized carbons (Fsp3) is 0.867. The number of hydrogen-bond donors (Lipinski definition) is 3. The molecule has 1 heterocycles. The van der Waals surface area contributed by atoms with Gasteiger partial charge in [-0.2, -0.15) is 0 Å². The molecule has 5 nitrogen and oxygen atoms in total. The maximum Gasteiger partial charge on any atom is 0.305 e. The van der Waals surface area contributed by atoms with Gasteiger partial charge >= 0.3 is 5.97 Å². The van der Waals surface area contributed by atoms with Gasteiger partial charge in [0.25, 0.3) is 0 Å². The fourth-order valence-electron chi connectivity index (χ4n) is 2.82. The average molecular weight is 284 g/mol. The molecule has 0 spiro atoms. The topological polar surface area (TPSA) is 78.4 Å². The summed E-state index contributed by atoms with van der Waals surface area (Å²) in [7, 11) is 0. The van der Waals surface area contributed by atoms with Crippen molar-refractivity contribution in [3.63, 3.8) is 0 Å². The first-order chi connectivity index (χ1) is 9.19. The van der Waals surface area contributed by atoms with Crippen molar-refractivity contribution >= 4 is 11.9 Å². The molecule has 3 unspecified atom stereocenters. The van der Waals surface area contributed by atoms with E-state index in [1.165, 1.54) is 0 Å². The molecule has 0 aliphatic carbocycles. The van der Waals surface area contributed by atoms with E-state index in [-0.39, 0.29) is 29.8 Å². The number of piperidine rings is 1. The number of aliphatic carboxylic acids is 1. The second-order valence-electron chi connectivity index (χ2n) is 7.12. The van der Waals surface area contributed by atoms with Gasteiger partial charge in [-0.1, -0.05) is 27.7 Å². The molecule has 1 rings (SSSR count). The molecule has 1 aliphatic rings. The van der Waals surface area contributed by atoms with Gasteiger partial charge in [-0.05, 0) is 37.1 Å². The van der Waals surface area contributed by atoms with Crippen LogP contribution in [0.1, 0.15) is 53.4 Å². The van der Waals surface area contributed by atoms with Crippen molar-refractivity contribution in [1.82, 2.24) is 10.6 Å². The molecule has 1 amide bonds. The molecule has 3 N–H and O–H groups in total. The van der Waals surface area contributed by atoms with Gasteiger partial charge in [0.2, 0.25) is 5.91 Å². The summed E-state index contributed by atoms with van der Waals surface area (Å²) in [6, 6.07) is -0.504. The van der Waals surface area contributed by atoms with Crippen LogP contribution in [-0.4, -0.2) is 35.6 Å². The lowest BCUT2D eigenvalue weighted by Gasteiger charge is -2.32. The van der Waals surface area contributed by atoms with Crippen molar-refractivity contribution in [2.24, 2.45) is 11.3 Å². The molecule has 1 saturated heterocycles. The number of amides is 1. The largest absolute Gasteiger partial charge is 0.481 e. The van der Waals surface area contributed by atoms with Crippen LogP contribution >= 0.6 is 0 Å². The van der Waals surface area contributed by atoms with E-state index in [2.05, 4.69) is 38.3 Å². The average Bonchev–Trinajstić information content (AvgIpc) is 2.25. The molecule has 116 valence electrons. The Kier molecular flexibility index (Phi) is 5.99. The van der Waals surface area contributed by atoms with Crippen LogP contribution in [0.2, 0.25) is 0 Å². The van der Waals surface area contributed by atoms with Gasteiger partial charge in [0, 0.05) is 6.04 Å². The molecule has 0 saturated carbocycles. The first-order valence-electron chi connectivity index (χ1n) is 7.44. The maximum atomic E-state index is 12.3. The van der Waals surface area contributed by atoms with Gasteiger partial charge in [-0.25, -0.2) is 0 Å². The number of carboxylic acid groups (broad SMARTS) is 1. The fourth-order valence-corrected chi connectivity index (χ4v) is 2.82. The summed E-state index contributed by atoms with van der Waals surface area (Å²) in [6.45, 7) is 9.07. The summed E-state index contributed by atoms with van der Waals surface area (Å²) in [4.78, 5) is 23.3. The third kappa shape index (κ3) is 5.90. The van der Waals surface area contributed by atoms with Crippen molar-refractivity contribution in [3.8, 4) is 0 Å². The van der Waals surface area contributed by atoms with Crippen molar-refractivity contribution in [2.45, 2.75) is 65.5 Å². The minimum Gasteiger partial charge on any atom is -0.481 e. The molecule has 0 radical (unpaired) electrons. The third-order valence-corrected chi connectivity index (χ3v) is 3.68. The van der Waals surface area contributed by atoms with Crippen molar-refractivity contribution in [3.05, 3.63) is 0 Å². The molecule has 0 bridgehead atoms. The highest BCUT2D eigenvalue weighted by Crippen LogP contribution is 2.23. The Balaban J connectivity index is 2.63. The standard InChI is InChI=1S/C15H28N2O3/c1-10-6-5-7-16-13(10)14(20)17-11(8-12(18)19)9-15(2,3)4/h10-11,13,16H,5-9H2,1-4H3,(H,17,20)(H,18,19). The summed E-state index contributed by atoms with van der Waals surface area (Å²) >= 11 is 0. The van der Waals surface area contributed by atoms with E-state index in [0.29, 0.717) is 12.3 Å². The highest BCUT2D eigenvalue weighted by molar-refractivity contribution is 5.83. The molecule has 0 aromatic heterocycles. The molecular weight excluding hydrogens is 256 g/mol. The van der Waals surface area contributed by atoms with Gasteiger partial charge in [-0.3, -0.25) is 9.59 Å². The quantitative estimate of drug-likeness (QED) is 0.719. The lowest BCUT2D eigenvalue weighted by Crippen LogP contribution is -2.53. The monoisotopic (exact) mass is 284 g/mol. The summed E-state index contributed by atoms with van der Waals surface area (Å²) in [5, 5.41) is 15.1. The van der Waals surface area contributed by atoms with E-state index in [0.717, 1.165) is 19.4 Å². The minimum absolute atomic E-state index is 0.0149. The first kappa shape index (κ1) is 17.0. The zero-order valence-electron chi connectivity index (χ0n) is 13.0. The number of carbonyl (C=O) groups is 2. The molecule has 3 atom stereocenters. The molecule has 20 heavy (non-hydrogen) atoms. The number of nitrogens with one attached hydrogen (secondary N) is 2. The Hall–Kier alpha value is -1.10. The third-order valence-electron chi connectivity index (χ3n) is 3.68.